The van der Waals surface area contributed by atoms with Gasteiger partial charge in [-0.2, -0.15) is 0 Å². The van der Waals surface area contributed by atoms with E-state index < -0.39 is 0 Å². The third-order valence-corrected chi connectivity index (χ3v) is 2.95. The first-order valence-corrected chi connectivity index (χ1v) is 6.00. The van der Waals surface area contributed by atoms with Gasteiger partial charge in [-0.25, -0.2) is 0 Å². The number of anilines is 1. The Labute approximate surface area is 117 Å². The minimum Gasteiger partial charge on any atom is -0.497 e. The summed E-state index contributed by atoms with van der Waals surface area (Å²) in [6.45, 7) is 0. The van der Waals surface area contributed by atoms with Crippen molar-refractivity contribution < 1.29 is 14.7 Å². The molecular weight excluding hydrogens is 256 g/mol. The molecule has 20 heavy (non-hydrogen) atoms. The van der Waals surface area contributed by atoms with E-state index in [2.05, 4.69) is 5.16 Å². The topological polar surface area (TPSA) is 77.1 Å². The Morgan fingerprint density at radius 1 is 1.05 bits per heavy atom. The van der Waals surface area contributed by atoms with Crippen LogP contribution in [0.5, 0.6) is 11.5 Å². The van der Waals surface area contributed by atoms with Crippen LogP contribution in [0.15, 0.2) is 47.6 Å². The zero-order valence-electron chi connectivity index (χ0n) is 11.3. The fourth-order valence-corrected chi connectivity index (χ4v) is 1.90. The summed E-state index contributed by atoms with van der Waals surface area (Å²) in [6, 6.07) is 12.4. The molecule has 5 heteroatoms. The van der Waals surface area contributed by atoms with Gasteiger partial charge < -0.3 is 20.4 Å². The number of hydrogen-bond donors (Lipinski definition) is 2. The van der Waals surface area contributed by atoms with Crippen LogP contribution in [0.4, 0.5) is 5.69 Å². The zero-order chi connectivity index (χ0) is 14.5. The number of nitrogen functional groups attached to an aromatic ring is 1. The summed E-state index contributed by atoms with van der Waals surface area (Å²) in [4.78, 5) is 0. The molecule has 2 aromatic rings. The van der Waals surface area contributed by atoms with Crippen molar-refractivity contribution in [2.24, 2.45) is 5.16 Å². The van der Waals surface area contributed by atoms with Crippen molar-refractivity contribution in [3.05, 3.63) is 53.6 Å². The number of methoxy groups -OCH3 is 2. The van der Waals surface area contributed by atoms with Crippen molar-refractivity contribution in [3.63, 3.8) is 0 Å². The Kier molecular flexibility index (Phi) is 4.10. The average molecular weight is 272 g/mol. The van der Waals surface area contributed by atoms with Crippen LogP contribution in [-0.2, 0) is 0 Å². The summed E-state index contributed by atoms with van der Waals surface area (Å²) < 4.78 is 10.5. The van der Waals surface area contributed by atoms with Crippen LogP contribution < -0.4 is 15.2 Å². The lowest BCUT2D eigenvalue weighted by atomic mass is 10.0. The lowest BCUT2D eigenvalue weighted by molar-refractivity contribution is 0.319. The Balaban J connectivity index is 2.49. The number of oxime groups is 1. The molecule has 0 radical (unpaired) electrons. The molecule has 0 aliphatic heterocycles. The number of hydrogen-bond acceptors (Lipinski definition) is 5. The molecule has 2 aromatic carbocycles. The van der Waals surface area contributed by atoms with Crippen LogP contribution in [-0.4, -0.2) is 25.1 Å². The molecule has 0 unspecified atom stereocenters. The number of ether oxygens (including phenoxy) is 2. The quantitative estimate of drug-likeness (QED) is 0.388. The molecule has 0 aliphatic carbocycles. The molecule has 0 fully saturated rings. The molecule has 0 saturated heterocycles. The highest BCUT2D eigenvalue weighted by Gasteiger charge is 2.14. The van der Waals surface area contributed by atoms with E-state index in [4.69, 9.17) is 15.2 Å². The van der Waals surface area contributed by atoms with Gasteiger partial charge in [-0.3, -0.25) is 0 Å². The van der Waals surface area contributed by atoms with Gasteiger partial charge in [0.1, 0.15) is 17.2 Å². The van der Waals surface area contributed by atoms with Gasteiger partial charge >= 0.3 is 0 Å². The van der Waals surface area contributed by atoms with Crippen molar-refractivity contribution in [3.8, 4) is 11.5 Å². The van der Waals surface area contributed by atoms with Crippen LogP contribution in [0, 0.1) is 0 Å². The molecule has 0 spiro atoms. The van der Waals surface area contributed by atoms with Gasteiger partial charge in [0, 0.05) is 22.9 Å². The second-order valence-corrected chi connectivity index (χ2v) is 4.14. The van der Waals surface area contributed by atoms with Crippen molar-refractivity contribution in [1.29, 1.82) is 0 Å². The van der Waals surface area contributed by atoms with E-state index in [-0.39, 0.29) is 0 Å². The van der Waals surface area contributed by atoms with E-state index >= 15 is 0 Å². The van der Waals surface area contributed by atoms with E-state index in [1.165, 1.54) is 0 Å². The highest BCUT2D eigenvalue weighted by molar-refractivity contribution is 6.14. The van der Waals surface area contributed by atoms with E-state index in [1.807, 2.05) is 0 Å². The van der Waals surface area contributed by atoms with E-state index in [0.717, 1.165) is 5.56 Å². The Morgan fingerprint density at radius 3 is 2.30 bits per heavy atom. The fourth-order valence-electron chi connectivity index (χ4n) is 1.90. The number of nitrogens with two attached hydrogens (primary N) is 1. The first-order valence-electron chi connectivity index (χ1n) is 6.00. The summed E-state index contributed by atoms with van der Waals surface area (Å²) in [5, 5.41) is 12.7. The maximum Gasteiger partial charge on any atom is 0.132 e. The predicted molar refractivity (Wildman–Crippen MR) is 77.8 cm³/mol. The average Bonchev–Trinajstić information content (AvgIpc) is 2.50. The van der Waals surface area contributed by atoms with Gasteiger partial charge in [-0.15, -0.1) is 0 Å². The van der Waals surface area contributed by atoms with Gasteiger partial charge in [0.05, 0.1) is 14.2 Å². The molecule has 0 bridgehead atoms. The van der Waals surface area contributed by atoms with Crippen LogP contribution in [0.1, 0.15) is 11.1 Å². The lowest BCUT2D eigenvalue weighted by Crippen LogP contribution is -2.06. The van der Waals surface area contributed by atoms with Crippen molar-refractivity contribution in [2.45, 2.75) is 0 Å². The normalized spacial score (nSPS) is 11.2. The Hall–Kier alpha value is -2.69. The smallest absolute Gasteiger partial charge is 0.132 e. The van der Waals surface area contributed by atoms with Crippen LogP contribution in [0.2, 0.25) is 0 Å². The van der Waals surface area contributed by atoms with Gasteiger partial charge in [-0.1, -0.05) is 17.3 Å². The minimum atomic E-state index is 0.407. The molecule has 3 N–H and O–H groups in total. The second kappa shape index (κ2) is 5.97. The third-order valence-electron chi connectivity index (χ3n) is 2.95. The summed E-state index contributed by atoms with van der Waals surface area (Å²) >= 11 is 0. The largest absolute Gasteiger partial charge is 0.497 e. The lowest BCUT2D eigenvalue weighted by Gasteiger charge is -2.12. The summed E-state index contributed by atoms with van der Waals surface area (Å²) in [5.74, 6) is 1.23. The predicted octanol–water partition coefficient (Wildman–Crippen LogP) is 2.51. The SMILES string of the molecule is COc1ccc(C(=NO)c2ccc(N)cc2)c(OC)c1. The van der Waals surface area contributed by atoms with Crippen molar-refractivity contribution >= 4 is 11.4 Å². The van der Waals surface area contributed by atoms with Crippen molar-refractivity contribution in [1.82, 2.24) is 0 Å². The van der Waals surface area contributed by atoms with Gasteiger partial charge in [0.2, 0.25) is 0 Å². The molecule has 104 valence electrons. The maximum absolute atomic E-state index is 9.32. The molecule has 0 amide bonds. The second-order valence-electron chi connectivity index (χ2n) is 4.14. The monoisotopic (exact) mass is 272 g/mol. The number of nitrogens with zero attached hydrogens (tertiary/aromatic N) is 1. The maximum atomic E-state index is 9.32. The molecule has 0 saturated carbocycles. The highest BCUT2D eigenvalue weighted by Crippen LogP contribution is 2.27. The van der Waals surface area contributed by atoms with E-state index in [0.29, 0.717) is 28.5 Å². The van der Waals surface area contributed by atoms with Gasteiger partial charge in [-0.05, 0) is 24.3 Å². The first kappa shape index (κ1) is 13.7. The molecule has 5 nitrogen and oxygen atoms in total. The minimum absolute atomic E-state index is 0.407. The Morgan fingerprint density at radius 2 is 1.75 bits per heavy atom. The van der Waals surface area contributed by atoms with Crippen LogP contribution in [0.25, 0.3) is 0 Å². The first-order chi connectivity index (χ1) is 9.69. The fraction of sp³-hybridized carbons (Fsp3) is 0.133. The summed E-state index contributed by atoms with van der Waals surface area (Å²) in [5.41, 5.74) is 8.12. The van der Waals surface area contributed by atoms with Crippen LogP contribution >= 0.6 is 0 Å². The third kappa shape index (κ3) is 2.66. The zero-order valence-corrected chi connectivity index (χ0v) is 11.3. The van der Waals surface area contributed by atoms with E-state index in [1.54, 1.807) is 56.7 Å². The summed E-state index contributed by atoms with van der Waals surface area (Å²) in [6.07, 6.45) is 0. The highest BCUT2D eigenvalue weighted by atomic mass is 16.5. The molecule has 0 heterocycles. The number of rotatable bonds is 4. The van der Waals surface area contributed by atoms with Crippen molar-refractivity contribution in [2.75, 3.05) is 20.0 Å². The van der Waals surface area contributed by atoms with Gasteiger partial charge in [0.15, 0.2) is 0 Å². The summed E-state index contributed by atoms with van der Waals surface area (Å²) in [7, 11) is 3.13. The standard InChI is InChI=1S/C15H16N2O3/c1-19-12-7-8-13(14(9-12)20-2)15(17-18)10-3-5-11(16)6-4-10/h3-9,18H,16H2,1-2H3. The number of benzene rings is 2. The van der Waals surface area contributed by atoms with Crippen LogP contribution in [0.3, 0.4) is 0 Å². The molecule has 0 atom stereocenters. The molecule has 2 rings (SSSR count). The molecule has 0 aliphatic rings. The molecular formula is C15H16N2O3. The van der Waals surface area contributed by atoms with Gasteiger partial charge in [0.25, 0.3) is 0 Å². The van der Waals surface area contributed by atoms with E-state index in [9.17, 15) is 5.21 Å². The molecule has 0 aromatic heterocycles. The Bertz CT molecular complexity index is 622.